The lowest BCUT2D eigenvalue weighted by Crippen LogP contribution is -2.47. The highest BCUT2D eigenvalue weighted by Gasteiger charge is 2.30. The maximum atomic E-state index is 13.6. The summed E-state index contributed by atoms with van der Waals surface area (Å²) in [4.78, 5) is 37.8. The van der Waals surface area contributed by atoms with Crippen molar-refractivity contribution in [1.29, 1.82) is 0 Å². The van der Waals surface area contributed by atoms with Crippen LogP contribution in [-0.4, -0.2) is 74.3 Å². The number of hydrogen-bond donors (Lipinski definition) is 2. The van der Waals surface area contributed by atoms with Crippen molar-refractivity contribution < 1.29 is 37.3 Å². The highest BCUT2D eigenvalue weighted by Crippen LogP contribution is 2.43. The van der Waals surface area contributed by atoms with Gasteiger partial charge in [0.2, 0.25) is 5.91 Å². The number of quaternary nitrogens is 1. The van der Waals surface area contributed by atoms with Crippen molar-refractivity contribution in [2.75, 3.05) is 40.9 Å². The first-order valence-corrected chi connectivity index (χ1v) is 34.0. The lowest BCUT2D eigenvalue weighted by Gasteiger charge is -2.27. The zero-order valence-corrected chi connectivity index (χ0v) is 53.6. The molecule has 0 spiro atoms. The third-order valence-corrected chi connectivity index (χ3v) is 14.6. The van der Waals surface area contributed by atoms with Crippen LogP contribution in [0.15, 0.2) is 134 Å². The Kier molecular flexibility index (Phi) is 56.5. The van der Waals surface area contributed by atoms with Gasteiger partial charge in [-0.05, 0) is 122 Å². The molecule has 0 heterocycles. The summed E-state index contributed by atoms with van der Waals surface area (Å²) in [6.45, 7) is 6.74. The van der Waals surface area contributed by atoms with E-state index in [0.29, 0.717) is 23.9 Å². The molecule has 0 radical (unpaired) electrons. The smallest absolute Gasteiger partial charge is 0.456 e. The monoisotopic (exact) mass is 1150 g/mol. The van der Waals surface area contributed by atoms with E-state index in [4.69, 9.17) is 13.8 Å². The maximum Gasteiger partial charge on any atom is 0.472 e. The Balaban J connectivity index is 5.23. The molecular formula is C71H122N2O7P+. The zero-order chi connectivity index (χ0) is 59.3. The lowest BCUT2D eigenvalue weighted by molar-refractivity contribution is -0.870. The van der Waals surface area contributed by atoms with Crippen LogP contribution < -0.4 is 5.32 Å². The summed E-state index contributed by atoms with van der Waals surface area (Å²) >= 11 is 0. The van der Waals surface area contributed by atoms with E-state index in [1.807, 2.05) is 33.3 Å². The van der Waals surface area contributed by atoms with Crippen LogP contribution in [-0.2, 0) is 27.9 Å². The summed E-state index contributed by atoms with van der Waals surface area (Å²) < 4.78 is 30.7. The molecule has 3 unspecified atom stereocenters. The molecule has 0 aliphatic rings. The average Bonchev–Trinajstić information content (AvgIpc) is 3.43. The Labute approximate surface area is 498 Å². The summed E-state index contributed by atoms with van der Waals surface area (Å²) in [5.74, 6) is -0.549. The number of phosphoric acid groups is 1. The van der Waals surface area contributed by atoms with Gasteiger partial charge in [-0.15, -0.1) is 0 Å². The Morgan fingerprint density at radius 1 is 0.444 bits per heavy atom. The van der Waals surface area contributed by atoms with Crippen LogP contribution in [0.25, 0.3) is 0 Å². The standard InChI is InChI=1S/C71H121N2O7P/c1-7-10-13-16-19-22-25-27-29-31-33-35-36-38-39-41-43-45-48-51-54-57-60-63-70(74)72-68(67-79-81(76,77)78-66-65-73(4,5)6)69(62-59-56-53-50-47-24-21-18-15-12-9-3)80-71(75)64-61-58-55-52-49-46-44-42-40-37-34-32-30-28-26-23-20-17-14-11-8-2/h10-11,13-14,19-20,22-23,27-30,33-35,37-39,42,44,59,62,68-69H,7-9,12,15-18,21,24-26,31-32,36,40-41,43,45-58,60-61,63-67H2,1-6H3,(H-,72,74,76,77)/p+1/b13-10-,14-11-,22-19-,23-20-,29-27-,30-28-,35-33-,37-34-,39-38-,44-42-,62-59+. The molecule has 2 N–H and O–H groups in total. The minimum absolute atomic E-state index is 0.0268. The van der Waals surface area contributed by atoms with Gasteiger partial charge in [0.15, 0.2) is 0 Å². The molecule has 10 heteroatoms. The second-order valence-electron chi connectivity index (χ2n) is 22.5. The first-order chi connectivity index (χ1) is 39.4. The predicted molar refractivity (Wildman–Crippen MR) is 350 cm³/mol. The second-order valence-corrected chi connectivity index (χ2v) is 24.0. The number of rotatable bonds is 57. The number of allylic oxidation sites excluding steroid dienone is 21. The normalized spacial score (nSPS) is 14.5. The third kappa shape index (κ3) is 60.6. The molecule has 81 heavy (non-hydrogen) atoms. The van der Waals surface area contributed by atoms with E-state index in [2.05, 4.69) is 148 Å². The Hall–Kier alpha value is -3.85. The van der Waals surface area contributed by atoms with E-state index in [-0.39, 0.29) is 31.5 Å². The number of nitrogens with zero attached hydrogens (tertiary/aromatic N) is 1. The Morgan fingerprint density at radius 2 is 0.790 bits per heavy atom. The van der Waals surface area contributed by atoms with Crippen LogP contribution in [0.4, 0.5) is 0 Å². The number of esters is 1. The molecular weight excluding hydrogens is 1020 g/mol. The maximum absolute atomic E-state index is 13.6. The molecule has 0 aromatic rings. The topological polar surface area (TPSA) is 111 Å². The zero-order valence-electron chi connectivity index (χ0n) is 52.7. The molecule has 0 fully saturated rings. The highest BCUT2D eigenvalue weighted by atomic mass is 31.2. The number of phosphoric ester groups is 1. The Bertz CT molecular complexity index is 1850. The fraction of sp³-hybridized carbons (Fsp3) is 0.662. The molecule has 3 atom stereocenters. The van der Waals surface area contributed by atoms with Crippen molar-refractivity contribution in [3.8, 4) is 0 Å². The number of nitrogens with one attached hydrogen (secondary N) is 1. The van der Waals surface area contributed by atoms with E-state index in [0.717, 1.165) is 148 Å². The number of amides is 1. The van der Waals surface area contributed by atoms with E-state index in [1.54, 1.807) is 0 Å². The van der Waals surface area contributed by atoms with E-state index >= 15 is 0 Å². The predicted octanol–water partition coefficient (Wildman–Crippen LogP) is 20.4. The molecule has 0 aromatic heterocycles. The quantitative estimate of drug-likeness (QED) is 0.0205. The largest absolute Gasteiger partial charge is 0.472 e. The summed E-state index contributed by atoms with van der Waals surface area (Å²) in [5.41, 5.74) is 0. The number of ether oxygens (including phenoxy) is 1. The van der Waals surface area contributed by atoms with Gasteiger partial charge < -0.3 is 19.4 Å². The third-order valence-electron chi connectivity index (χ3n) is 13.6. The van der Waals surface area contributed by atoms with Crippen molar-refractivity contribution in [2.24, 2.45) is 0 Å². The number of carbonyl (C=O) groups excluding carboxylic acids is 2. The fourth-order valence-electron chi connectivity index (χ4n) is 8.64. The van der Waals surface area contributed by atoms with Crippen LogP contribution in [0.2, 0.25) is 0 Å². The molecule has 462 valence electrons. The first kappa shape index (κ1) is 77.2. The Morgan fingerprint density at radius 3 is 1.19 bits per heavy atom. The van der Waals surface area contributed by atoms with Crippen LogP contribution in [0.3, 0.4) is 0 Å². The summed E-state index contributed by atoms with van der Waals surface area (Å²) in [6, 6.07) is -0.873. The van der Waals surface area contributed by atoms with Gasteiger partial charge in [-0.1, -0.05) is 251 Å². The summed E-state index contributed by atoms with van der Waals surface area (Å²) in [6.07, 6.45) is 84.5. The van der Waals surface area contributed by atoms with Gasteiger partial charge in [-0.3, -0.25) is 18.6 Å². The molecule has 9 nitrogen and oxygen atoms in total. The molecule has 0 aliphatic heterocycles. The second kappa shape index (κ2) is 59.3. The van der Waals surface area contributed by atoms with Crippen LogP contribution in [0.5, 0.6) is 0 Å². The van der Waals surface area contributed by atoms with Gasteiger partial charge in [0, 0.05) is 12.8 Å². The van der Waals surface area contributed by atoms with Gasteiger partial charge in [0.1, 0.15) is 19.3 Å². The van der Waals surface area contributed by atoms with E-state index in [9.17, 15) is 19.0 Å². The van der Waals surface area contributed by atoms with E-state index < -0.39 is 20.0 Å². The van der Waals surface area contributed by atoms with Crippen molar-refractivity contribution in [1.82, 2.24) is 5.32 Å². The minimum atomic E-state index is -4.47. The summed E-state index contributed by atoms with van der Waals surface area (Å²) in [7, 11) is 1.46. The molecule has 0 saturated heterocycles. The number of unbranched alkanes of at least 4 members (excludes halogenated alkanes) is 21. The van der Waals surface area contributed by atoms with Crippen molar-refractivity contribution in [2.45, 2.75) is 264 Å². The van der Waals surface area contributed by atoms with Crippen molar-refractivity contribution in [3.63, 3.8) is 0 Å². The number of carbonyl (C=O) groups is 2. The number of hydrogen-bond acceptors (Lipinski definition) is 6. The molecule has 1 amide bonds. The lowest BCUT2D eigenvalue weighted by atomic mass is 10.1. The van der Waals surface area contributed by atoms with Gasteiger partial charge in [-0.2, -0.15) is 0 Å². The van der Waals surface area contributed by atoms with Gasteiger partial charge in [0.05, 0.1) is 33.8 Å². The van der Waals surface area contributed by atoms with Gasteiger partial charge >= 0.3 is 13.8 Å². The first-order valence-electron chi connectivity index (χ1n) is 32.5. The molecule has 0 saturated carbocycles. The molecule has 0 aliphatic carbocycles. The van der Waals surface area contributed by atoms with Gasteiger partial charge in [-0.25, -0.2) is 4.57 Å². The van der Waals surface area contributed by atoms with Crippen molar-refractivity contribution in [3.05, 3.63) is 134 Å². The number of likely N-dealkylation sites (N-methyl/N-ethyl adjacent to an activating group) is 1. The van der Waals surface area contributed by atoms with Crippen LogP contribution >= 0.6 is 7.82 Å². The van der Waals surface area contributed by atoms with Crippen molar-refractivity contribution >= 4 is 19.7 Å². The van der Waals surface area contributed by atoms with Gasteiger partial charge in [0.25, 0.3) is 0 Å². The molecule has 0 bridgehead atoms. The molecule has 0 aromatic carbocycles. The minimum Gasteiger partial charge on any atom is -0.456 e. The highest BCUT2D eigenvalue weighted by molar-refractivity contribution is 7.47. The van der Waals surface area contributed by atoms with Crippen LogP contribution in [0.1, 0.15) is 252 Å². The van der Waals surface area contributed by atoms with Crippen LogP contribution in [0, 0.1) is 0 Å². The SMILES string of the molecule is CC/C=C\C/C=C\C/C=C\C/C=C\C/C=C\CCCCCCCCCC(=O)NC(COP(=O)(O)OCC[N+](C)(C)C)C(/C=C/CCCCCCCCCCC)OC(=O)CCCCCCC/C=C\C/C=C\C/C=C\C/C=C\C/C=C\CC. The van der Waals surface area contributed by atoms with E-state index in [1.165, 1.54) is 64.2 Å². The summed E-state index contributed by atoms with van der Waals surface area (Å²) in [5, 5.41) is 3.05. The fourth-order valence-corrected chi connectivity index (χ4v) is 9.38. The average molecular weight is 1150 g/mol. The molecule has 0 rings (SSSR count).